The smallest absolute Gasteiger partial charge is 0.247 e. The Labute approximate surface area is 135 Å². The number of carbonyl (C=O) groups is 1. The minimum Gasteiger partial charge on any atom is -0.332 e. The monoisotopic (exact) mass is 312 g/mol. The van der Waals surface area contributed by atoms with E-state index in [1.165, 1.54) is 0 Å². The maximum absolute atomic E-state index is 12.5. The lowest BCUT2D eigenvalue weighted by molar-refractivity contribution is -0.126. The van der Waals surface area contributed by atoms with Crippen LogP contribution in [-0.2, 0) is 4.79 Å². The van der Waals surface area contributed by atoms with E-state index in [2.05, 4.69) is 4.98 Å². The Hall–Kier alpha value is -2.13. The van der Waals surface area contributed by atoms with Crippen LogP contribution in [0.2, 0.25) is 5.02 Å². The Morgan fingerprint density at radius 2 is 2.09 bits per heavy atom. The number of halogens is 1. The fourth-order valence-corrected chi connectivity index (χ4v) is 3.03. The second kappa shape index (κ2) is 6.75. The zero-order chi connectivity index (χ0) is 15.4. The fraction of sp³-hybridized carbons (Fsp3) is 0.222. The van der Waals surface area contributed by atoms with Crippen LogP contribution >= 0.6 is 11.6 Å². The molecule has 1 aromatic heterocycles. The molecule has 0 aliphatic carbocycles. The highest BCUT2D eigenvalue weighted by Crippen LogP contribution is 2.33. The van der Waals surface area contributed by atoms with Crippen molar-refractivity contribution in [3.05, 3.63) is 71.0 Å². The van der Waals surface area contributed by atoms with Crippen LogP contribution in [0.25, 0.3) is 6.08 Å². The van der Waals surface area contributed by atoms with Gasteiger partial charge in [-0.2, -0.15) is 0 Å². The van der Waals surface area contributed by atoms with Gasteiger partial charge in [-0.15, -0.1) is 0 Å². The Bertz CT molecular complexity index is 684. The number of carbonyl (C=O) groups excluding carboxylic acids is 1. The van der Waals surface area contributed by atoms with Gasteiger partial charge in [0.1, 0.15) is 0 Å². The van der Waals surface area contributed by atoms with Gasteiger partial charge in [-0.05, 0) is 54.3 Å². The van der Waals surface area contributed by atoms with Crippen molar-refractivity contribution in [2.24, 2.45) is 0 Å². The third-order valence-corrected chi connectivity index (χ3v) is 4.13. The molecule has 0 bridgehead atoms. The lowest BCUT2D eigenvalue weighted by Crippen LogP contribution is -2.28. The molecule has 1 amide bonds. The maximum Gasteiger partial charge on any atom is 0.247 e. The highest BCUT2D eigenvalue weighted by atomic mass is 35.5. The standard InChI is InChI=1S/C18H17ClN2O/c19-16-4-1-3-15(13-16)17-5-2-12-21(17)18(22)7-6-14-8-10-20-11-9-14/h1,3-4,6-11,13,17H,2,5,12H2/b7-6+. The molecule has 2 aromatic rings. The molecular formula is C18H17ClN2O. The topological polar surface area (TPSA) is 33.2 Å². The van der Waals surface area contributed by atoms with Crippen LogP contribution in [0.1, 0.15) is 30.0 Å². The van der Waals surface area contributed by atoms with Crippen LogP contribution in [0.15, 0.2) is 54.9 Å². The molecular weight excluding hydrogens is 296 g/mol. The van der Waals surface area contributed by atoms with Gasteiger partial charge in [-0.25, -0.2) is 0 Å². The molecule has 0 saturated carbocycles. The molecule has 3 rings (SSSR count). The Morgan fingerprint density at radius 3 is 2.86 bits per heavy atom. The van der Waals surface area contributed by atoms with Gasteiger partial charge in [0, 0.05) is 30.0 Å². The van der Waals surface area contributed by atoms with Crippen molar-refractivity contribution < 1.29 is 4.79 Å². The van der Waals surface area contributed by atoms with E-state index in [9.17, 15) is 4.79 Å². The van der Waals surface area contributed by atoms with Crippen LogP contribution in [0.5, 0.6) is 0 Å². The van der Waals surface area contributed by atoms with Gasteiger partial charge >= 0.3 is 0 Å². The third-order valence-electron chi connectivity index (χ3n) is 3.89. The number of nitrogens with zero attached hydrogens (tertiary/aromatic N) is 2. The Balaban J connectivity index is 1.75. The molecule has 0 radical (unpaired) electrons. The minimum atomic E-state index is 0.0410. The van der Waals surface area contributed by atoms with Gasteiger partial charge in [0.05, 0.1) is 6.04 Å². The summed E-state index contributed by atoms with van der Waals surface area (Å²) < 4.78 is 0. The number of hydrogen-bond donors (Lipinski definition) is 0. The first-order valence-electron chi connectivity index (χ1n) is 7.38. The number of likely N-dealkylation sites (tertiary alicyclic amines) is 1. The molecule has 22 heavy (non-hydrogen) atoms. The van der Waals surface area contributed by atoms with Crippen molar-refractivity contribution in [2.45, 2.75) is 18.9 Å². The van der Waals surface area contributed by atoms with E-state index < -0.39 is 0 Å². The zero-order valence-electron chi connectivity index (χ0n) is 12.2. The summed E-state index contributed by atoms with van der Waals surface area (Å²) in [6, 6.07) is 11.7. The van der Waals surface area contributed by atoms with Gasteiger partial charge in [0.2, 0.25) is 5.91 Å². The fourth-order valence-electron chi connectivity index (χ4n) is 2.83. The van der Waals surface area contributed by atoms with E-state index in [4.69, 9.17) is 11.6 Å². The van der Waals surface area contributed by atoms with Crippen LogP contribution in [0.4, 0.5) is 0 Å². The van der Waals surface area contributed by atoms with Crippen LogP contribution < -0.4 is 0 Å². The predicted molar refractivity (Wildman–Crippen MR) is 88.4 cm³/mol. The van der Waals surface area contributed by atoms with Crippen molar-refractivity contribution in [3.8, 4) is 0 Å². The number of pyridine rings is 1. The normalized spacial score (nSPS) is 18.0. The first-order valence-corrected chi connectivity index (χ1v) is 7.76. The van der Waals surface area contributed by atoms with Crippen molar-refractivity contribution in [3.63, 3.8) is 0 Å². The molecule has 0 N–H and O–H groups in total. The molecule has 112 valence electrons. The minimum absolute atomic E-state index is 0.0410. The Morgan fingerprint density at radius 1 is 1.27 bits per heavy atom. The molecule has 1 fully saturated rings. The summed E-state index contributed by atoms with van der Waals surface area (Å²) >= 11 is 6.07. The van der Waals surface area contributed by atoms with Crippen molar-refractivity contribution in [2.75, 3.05) is 6.54 Å². The molecule has 1 aliphatic rings. The molecule has 3 nitrogen and oxygen atoms in total. The predicted octanol–water partition coefficient (Wildman–Crippen LogP) is 4.11. The van der Waals surface area contributed by atoms with Crippen molar-refractivity contribution in [1.29, 1.82) is 0 Å². The quantitative estimate of drug-likeness (QED) is 0.799. The third kappa shape index (κ3) is 3.37. The molecule has 1 aromatic carbocycles. The van der Waals surface area contributed by atoms with E-state index in [1.807, 2.05) is 47.4 Å². The number of amides is 1. The highest BCUT2D eigenvalue weighted by molar-refractivity contribution is 6.30. The lowest BCUT2D eigenvalue weighted by atomic mass is 10.0. The first kappa shape index (κ1) is 14.8. The summed E-state index contributed by atoms with van der Waals surface area (Å²) in [5.41, 5.74) is 2.08. The largest absolute Gasteiger partial charge is 0.332 e. The molecule has 1 atom stereocenters. The molecule has 1 aliphatic heterocycles. The lowest BCUT2D eigenvalue weighted by Gasteiger charge is -2.24. The molecule has 1 saturated heterocycles. The maximum atomic E-state index is 12.5. The molecule has 2 heterocycles. The molecule has 4 heteroatoms. The van der Waals surface area contributed by atoms with Crippen LogP contribution in [0, 0.1) is 0 Å². The van der Waals surface area contributed by atoms with E-state index in [-0.39, 0.29) is 11.9 Å². The molecule has 1 unspecified atom stereocenters. The average Bonchev–Trinajstić information content (AvgIpc) is 3.03. The summed E-state index contributed by atoms with van der Waals surface area (Å²) in [7, 11) is 0. The summed E-state index contributed by atoms with van der Waals surface area (Å²) in [6.45, 7) is 0.788. The number of hydrogen-bond acceptors (Lipinski definition) is 2. The summed E-state index contributed by atoms with van der Waals surface area (Å²) in [5, 5.41) is 0.712. The second-order valence-electron chi connectivity index (χ2n) is 5.36. The van der Waals surface area contributed by atoms with Gasteiger partial charge in [0.25, 0.3) is 0 Å². The van der Waals surface area contributed by atoms with Crippen LogP contribution in [0.3, 0.4) is 0 Å². The number of rotatable bonds is 3. The summed E-state index contributed by atoms with van der Waals surface area (Å²) in [5.74, 6) is 0.0410. The second-order valence-corrected chi connectivity index (χ2v) is 5.79. The van der Waals surface area contributed by atoms with Gasteiger partial charge in [0.15, 0.2) is 0 Å². The summed E-state index contributed by atoms with van der Waals surface area (Å²) in [6.07, 6.45) is 8.90. The highest BCUT2D eigenvalue weighted by Gasteiger charge is 2.28. The SMILES string of the molecule is O=C(/C=C/c1ccncc1)N1CCCC1c1cccc(Cl)c1. The van der Waals surface area contributed by atoms with Crippen molar-refractivity contribution in [1.82, 2.24) is 9.88 Å². The van der Waals surface area contributed by atoms with Gasteiger partial charge in [-0.3, -0.25) is 9.78 Å². The number of aromatic nitrogens is 1. The Kier molecular flexibility index (Phi) is 4.54. The van der Waals surface area contributed by atoms with E-state index >= 15 is 0 Å². The van der Waals surface area contributed by atoms with Crippen molar-refractivity contribution >= 4 is 23.6 Å². The average molecular weight is 313 g/mol. The van der Waals surface area contributed by atoms with E-state index in [0.717, 1.165) is 30.5 Å². The summed E-state index contributed by atoms with van der Waals surface area (Å²) in [4.78, 5) is 18.4. The van der Waals surface area contributed by atoms with E-state index in [1.54, 1.807) is 18.5 Å². The first-order chi connectivity index (χ1) is 10.7. The van der Waals surface area contributed by atoms with Gasteiger partial charge in [-0.1, -0.05) is 23.7 Å². The van der Waals surface area contributed by atoms with Crippen LogP contribution in [-0.4, -0.2) is 22.3 Å². The number of benzene rings is 1. The molecule has 0 spiro atoms. The van der Waals surface area contributed by atoms with E-state index in [0.29, 0.717) is 5.02 Å². The zero-order valence-corrected chi connectivity index (χ0v) is 12.9. The van der Waals surface area contributed by atoms with Gasteiger partial charge < -0.3 is 4.90 Å².